The molecule has 0 amide bonds. The third kappa shape index (κ3) is 4.30. The summed E-state index contributed by atoms with van der Waals surface area (Å²) in [6.07, 6.45) is 0. The lowest BCUT2D eigenvalue weighted by atomic mass is 10.1. The van der Waals surface area contributed by atoms with Gasteiger partial charge in [0, 0.05) is 5.56 Å². The third-order valence-corrected chi connectivity index (χ3v) is 6.80. The minimum atomic E-state index is -3.57. The number of piperazine rings is 1. The number of hydrogen-bond acceptors (Lipinski definition) is 4. The van der Waals surface area contributed by atoms with Crippen LogP contribution in [-0.2, 0) is 16.6 Å². The van der Waals surface area contributed by atoms with Gasteiger partial charge in [-0.2, -0.15) is 9.57 Å². The van der Waals surface area contributed by atoms with Crippen LogP contribution in [0.25, 0.3) is 0 Å². The summed E-state index contributed by atoms with van der Waals surface area (Å²) in [6, 6.07) is 14.3. The molecular weight excluding hydrogens is 362 g/mol. The van der Waals surface area contributed by atoms with Crippen molar-refractivity contribution in [1.82, 2.24) is 4.31 Å². The van der Waals surface area contributed by atoms with E-state index in [1.54, 1.807) is 25.3 Å². The van der Waals surface area contributed by atoms with Crippen molar-refractivity contribution in [3.8, 4) is 11.8 Å². The lowest BCUT2D eigenvalue weighted by molar-refractivity contribution is -0.917. The van der Waals surface area contributed by atoms with Gasteiger partial charge in [-0.15, -0.1) is 0 Å². The zero-order chi connectivity index (χ0) is 19.4. The number of rotatable bonds is 5. The van der Waals surface area contributed by atoms with Gasteiger partial charge in [-0.05, 0) is 37.3 Å². The Labute approximate surface area is 160 Å². The van der Waals surface area contributed by atoms with Crippen LogP contribution in [0, 0.1) is 18.3 Å². The van der Waals surface area contributed by atoms with Crippen LogP contribution in [0.4, 0.5) is 0 Å². The minimum Gasteiger partial charge on any atom is -0.496 e. The molecule has 27 heavy (non-hydrogen) atoms. The molecule has 2 aromatic rings. The van der Waals surface area contributed by atoms with Crippen LogP contribution < -0.4 is 9.64 Å². The van der Waals surface area contributed by atoms with E-state index in [2.05, 4.69) is 13.0 Å². The molecule has 3 rings (SSSR count). The smallest absolute Gasteiger partial charge is 0.243 e. The molecule has 1 fully saturated rings. The molecule has 1 N–H and O–H groups in total. The summed E-state index contributed by atoms with van der Waals surface area (Å²) >= 11 is 0. The highest BCUT2D eigenvalue weighted by Crippen LogP contribution is 2.19. The monoisotopic (exact) mass is 386 g/mol. The van der Waals surface area contributed by atoms with Gasteiger partial charge < -0.3 is 9.64 Å². The number of quaternary nitrogens is 1. The fraction of sp³-hybridized carbons (Fsp3) is 0.350. The van der Waals surface area contributed by atoms with Crippen molar-refractivity contribution in [1.29, 1.82) is 5.26 Å². The Kier molecular flexibility index (Phi) is 5.80. The number of ether oxygens (including phenoxy) is 1. The van der Waals surface area contributed by atoms with Crippen LogP contribution in [-0.4, -0.2) is 46.0 Å². The van der Waals surface area contributed by atoms with Crippen molar-refractivity contribution in [2.24, 2.45) is 0 Å². The van der Waals surface area contributed by atoms with Gasteiger partial charge in [-0.25, -0.2) is 8.42 Å². The van der Waals surface area contributed by atoms with Crippen molar-refractivity contribution in [2.45, 2.75) is 18.4 Å². The average molecular weight is 386 g/mol. The highest BCUT2D eigenvalue weighted by atomic mass is 32.2. The molecule has 0 radical (unpaired) electrons. The van der Waals surface area contributed by atoms with Gasteiger partial charge in [0.1, 0.15) is 12.3 Å². The van der Waals surface area contributed by atoms with Gasteiger partial charge in [-0.3, -0.25) is 0 Å². The molecule has 0 unspecified atom stereocenters. The van der Waals surface area contributed by atoms with Crippen molar-refractivity contribution in [2.75, 3.05) is 33.3 Å². The predicted molar refractivity (Wildman–Crippen MR) is 102 cm³/mol. The number of sulfonamides is 1. The largest absolute Gasteiger partial charge is 0.496 e. The number of nitrogens with one attached hydrogen (secondary N) is 1. The molecule has 0 spiro atoms. The van der Waals surface area contributed by atoms with Crippen molar-refractivity contribution in [3.63, 3.8) is 0 Å². The molecule has 0 bridgehead atoms. The van der Waals surface area contributed by atoms with E-state index in [-0.39, 0.29) is 4.90 Å². The molecule has 142 valence electrons. The molecular formula is C20H24N3O3S+. The van der Waals surface area contributed by atoms with Crippen molar-refractivity contribution >= 4 is 10.0 Å². The summed E-state index contributed by atoms with van der Waals surface area (Å²) in [5.41, 5.74) is 2.68. The van der Waals surface area contributed by atoms with Crippen molar-refractivity contribution in [3.05, 3.63) is 59.2 Å². The van der Waals surface area contributed by atoms with Crippen LogP contribution in [0.2, 0.25) is 0 Å². The van der Waals surface area contributed by atoms with E-state index in [0.717, 1.165) is 30.9 Å². The normalized spacial score (nSPS) is 16.0. The number of nitrogens with zero attached hydrogens (tertiary/aromatic N) is 2. The summed E-state index contributed by atoms with van der Waals surface area (Å²) in [7, 11) is -1.90. The number of aryl methyl sites for hydroxylation is 1. The molecule has 7 heteroatoms. The predicted octanol–water partition coefficient (Wildman–Crippen LogP) is 0.965. The first-order valence-electron chi connectivity index (χ1n) is 8.91. The zero-order valence-electron chi connectivity index (χ0n) is 15.6. The standard InChI is InChI=1S/C20H23N3O3S/c1-16-6-7-20(26-2)18(12-16)15-22-8-10-23(11-9-22)27(24,25)19-5-3-4-17(13-19)14-21/h3-7,12-13H,8-11,15H2,1-2H3/p+1. The number of nitriles is 1. The Morgan fingerprint density at radius 3 is 2.59 bits per heavy atom. The Hall–Kier alpha value is -2.40. The van der Waals surface area contributed by atoms with E-state index >= 15 is 0 Å². The van der Waals surface area contributed by atoms with Gasteiger partial charge in [0.25, 0.3) is 0 Å². The Bertz CT molecular complexity index is 959. The molecule has 1 aliphatic rings. The molecule has 1 saturated heterocycles. The highest BCUT2D eigenvalue weighted by molar-refractivity contribution is 7.89. The quantitative estimate of drug-likeness (QED) is 0.831. The molecule has 2 aromatic carbocycles. The maximum absolute atomic E-state index is 12.9. The Balaban J connectivity index is 1.68. The first-order chi connectivity index (χ1) is 12.9. The summed E-state index contributed by atoms with van der Waals surface area (Å²) in [5.74, 6) is 0.872. The number of methoxy groups -OCH3 is 1. The van der Waals surface area contributed by atoms with Crippen LogP contribution in [0.5, 0.6) is 5.75 Å². The summed E-state index contributed by atoms with van der Waals surface area (Å²) in [4.78, 5) is 1.52. The van der Waals surface area contributed by atoms with E-state index in [4.69, 9.17) is 10.00 Å². The second kappa shape index (κ2) is 8.09. The van der Waals surface area contributed by atoms with E-state index in [9.17, 15) is 8.42 Å². The Morgan fingerprint density at radius 1 is 1.19 bits per heavy atom. The van der Waals surface area contributed by atoms with Crippen LogP contribution in [0.1, 0.15) is 16.7 Å². The SMILES string of the molecule is COc1ccc(C)cc1C[NH+]1CCN(S(=O)(=O)c2cccc(C#N)c2)CC1. The average Bonchev–Trinajstić information content (AvgIpc) is 2.68. The van der Waals surface area contributed by atoms with Crippen LogP contribution >= 0.6 is 0 Å². The van der Waals surface area contributed by atoms with E-state index in [1.807, 2.05) is 18.2 Å². The van der Waals surface area contributed by atoms with Gasteiger partial charge in [0.05, 0.1) is 49.8 Å². The van der Waals surface area contributed by atoms with E-state index < -0.39 is 10.0 Å². The van der Waals surface area contributed by atoms with Gasteiger partial charge in [0.15, 0.2) is 0 Å². The highest BCUT2D eigenvalue weighted by Gasteiger charge is 2.30. The number of benzene rings is 2. The first kappa shape index (κ1) is 19.4. The van der Waals surface area contributed by atoms with Crippen LogP contribution in [0.15, 0.2) is 47.4 Å². The van der Waals surface area contributed by atoms with Crippen molar-refractivity contribution < 1.29 is 18.1 Å². The minimum absolute atomic E-state index is 0.186. The second-order valence-electron chi connectivity index (χ2n) is 6.79. The van der Waals surface area contributed by atoms with E-state index in [1.165, 1.54) is 20.8 Å². The molecule has 1 aliphatic heterocycles. The molecule has 0 atom stereocenters. The van der Waals surface area contributed by atoms with Crippen LogP contribution in [0.3, 0.4) is 0 Å². The number of hydrogen-bond donors (Lipinski definition) is 1. The van der Waals surface area contributed by atoms with E-state index in [0.29, 0.717) is 18.7 Å². The maximum Gasteiger partial charge on any atom is 0.243 e. The molecule has 0 aromatic heterocycles. The zero-order valence-corrected chi connectivity index (χ0v) is 16.4. The first-order valence-corrected chi connectivity index (χ1v) is 10.4. The lowest BCUT2D eigenvalue weighted by Gasteiger charge is -2.31. The summed E-state index contributed by atoms with van der Waals surface area (Å²) in [5, 5.41) is 9.00. The van der Waals surface area contributed by atoms with Gasteiger partial charge >= 0.3 is 0 Å². The molecule has 0 aliphatic carbocycles. The fourth-order valence-corrected chi connectivity index (χ4v) is 4.90. The summed E-state index contributed by atoms with van der Waals surface area (Å²) in [6.45, 7) is 5.24. The summed E-state index contributed by atoms with van der Waals surface area (Å²) < 4.78 is 32.7. The molecule has 6 nitrogen and oxygen atoms in total. The molecule has 0 saturated carbocycles. The van der Waals surface area contributed by atoms with Gasteiger partial charge in [0.2, 0.25) is 10.0 Å². The van der Waals surface area contributed by atoms with Gasteiger partial charge in [-0.1, -0.05) is 17.7 Å². The maximum atomic E-state index is 12.9. The Morgan fingerprint density at radius 2 is 1.93 bits per heavy atom. The lowest BCUT2D eigenvalue weighted by Crippen LogP contribution is -3.13. The topological polar surface area (TPSA) is 74.8 Å². The third-order valence-electron chi connectivity index (χ3n) is 4.91. The molecule has 1 heterocycles. The fourth-order valence-electron chi connectivity index (χ4n) is 3.41. The second-order valence-corrected chi connectivity index (χ2v) is 8.72.